The van der Waals surface area contributed by atoms with Gasteiger partial charge in [-0.25, -0.2) is 0 Å². The third-order valence-electron chi connectivity index (χ3n) is 3.31. The van der Waals surface area contributed by atoms with E-state index >= 15 is 0 Å². The van der Waals surface area contributed by atoms with Gasteiger partial charge in [-0.3, -0.25) is 0 Å². The number of hydrogen-bond acceptors (Lipinski definition) is 2. The van der Waals surface area contributed by atoms with E-state index in [9.17, 15) is 0 Å². The molecule has 0 aliphatic rings. The lowest BCUT2D eigenvalue weighted by Crippen LogP contribution is -2.33. The van der Waals surface area contributed by atoms with Crippen molar-refractivity contribution in [3.63, 3.8) is 0 Å². The van der Waals surface area contributed by atoms with Crippen molar-refractivity contribution in [2.24, 2.45) is 5.41 Å². The standard InChI is InChI=1S/C12H27NO/c1-5-12(6-2,11-13-7-3)9-8-10-14-4/h13H,5-11H2,1-4H3. The molecule has 0 amide bonds. The summed E-state index contributed by atoms with van der Waals surface area (Å²) < 4.78 is 5.11. The Kier molecular flexibility index (Phi) is 8.20. The molecule has 14 heavy (non-hydrogen) atoms. The first-order valence-corrected chi connectivity index (χ1v) is 5.94. The van der Waals surface area contributed by atoms with E-state index < -0.39 is 0 Å². The highest BCUT2D eigenvalue weighted by molar-refractivity contribution is 4.78. The van der Waals surface area contributed by atoms with Gasteiger partial charge in [-0.2, -0.15) is 0 Å². The third-order valence-corrected chi connectivity index (χ3v) is 3.31. The maximum Gasteiger partial charge on any atom is 0.0462 e. The zero-order valence-electron chi connectivity index (χ0n) is 10.4. The molecule has 0 fully saturated rings. The lowest BCUT2D eigenvalue weighted by molar-refractivity contribution is 0.156. The first kappa shape index (κ1) is 13.9. The molecular formula is C12H27NO. The van der Waals surface area contributed by atoms with Crippen LogP contribution in [-0.4, -0.2) is 26.8 Å². The van der Waals surface area contributed by atoms with Crippen LogP contribution in [0.3, 0.4) is 0 Å². The smallest absolute Gasteiger partial charge is 0.0462 e. The molecule has 0 saturated carbocycles. The first-order valence-electron chi connectivity index (χ1n) is 5.94. The molecule has 0 radical (unpaired) electrons. The van der Waals surface area contributed by atoms with Crippen molar-refractivity contribution in [1.29, 1.82) is 0 Å². The van der Waals surface area contributed by atoms with Gasteiger partial charge in [0.2, 0.25) is 0 Å². The van der Waals surface area contributed by atoms with Crippen LogP contribution in [0, 0.1) is 5.41 Å². The molecule has 0 unspecified atom stereocenters. The zero-order chi connectivity index (χ0) is 10.9. The van der Waals surface area contributed by atoms with Crippen molar-refractivity contribution in [3.8, 4) is 0 Å². The fraction of sp³-hybridized carbons (Fsp3) is 1.00. The Morgan fingerprint density at radius 2 is 1.79 bits per heavy atom. The number of ether oxygens (including phenoxy) is 1. The molecule has 0 aromatic rings. The molecule has 86 valence electrons. The molecule has 1 N–H and O–H groups in total. The Bertz CT molecular complexity index is 121. The molecule has 0 rings (SSSR count). The highest BCUT2D eigenvalue weighted by atomic mass is 16.5. The van der Waals surface area contributed by atoms with Crippen LogP contribution in [0.25, 0.3) is 0 Å². The quantitative estimate of drug-likeness (QED) is 0.579. The van der Waals surface area contributed by atoms with Crippen LogP contribution >= 0.6 is 0 Å². The van der Waals surface area contributed by atoms with Gasteiger partial charge in [-0.05, 0) is 37.6 Å². The molecule has 0 aromatic carbocycles. The van der Waals surface area contributed by atoms with E-state index in [0.29, 0.717) is 5.41 Å². The molecule has 2 heteroatoms. The highest BCUT2D eigenvalue weighted by Gasteiger charge is 2.24. The van der Waals surface area contributed by atoms with E-state index in [4.69, 9.17) is 4.74 Å². The Balaban J connectivity index is 3.94. The summed E-state index contributed by atoms with van der Waals surface area (Å²) in [5.74, 6) is 0. The lowest BCUT2D eigenvalue weighted by Gasteiger charge is -2.32. The second-order valence-electron chi connectivity index (χ2n) is 4.08. The minimum atomic E-state index is 0.495. The van der Waals surface area contributed by atoms with E-state index in [-0.39, 0.29) is 0 Å². The van der Waals surface area contributed by atoms with Crippen LogP contribution in [0.2, 0.25) is 0 Å². The summed E-state index contributed by atoms with van der Waals surface area (Å²) in [6.45, 7) is 9.90. The van der Waals surface area contributed by atoms with Crippen molar-refractivity contribution < 1.29 is 4.74 Å². The third kappa shape index (κ3) is 4.97. The molecule has 0 atom stereocenters. The second kappa shape index (κ2) is 8.25. The van der Waals surface area contributed by atoms with E-state index in [2.05, 4.69) is 26.1 Å². The molecule has 0 bridgehead atoms. The normalized spacial score (nSPS) is 12.0. The van der Waals surface area contributed by atoms with Gasteiger partial charge < -0.3 is 10.1 Å². The maximum atomic E-state index is 5.11. The van der Waals surface area contributed by atoms with Gasteiger partial charge in [0.25, 0.3) is 0 Å². The van der Waals surface area contributed by atoms with Gasteiger partial charge >= 0.3 is 0 Å². The maximum absolute atomic E-state index is 5.11. The first-order chi connectivity index (χ1) is 6.74. The van der Waals surface area contributed by atoms with Crippen LogP contribution < -0.4 is 5.32 Å². The zero-order valence-corrected chi connectivity index (χ0v) is 10.4. The van der Waals surface area contributed by atoms with E-state index in [1.807, 2.05) is 0 Å². The average molecular weight is 201 g/mol. The molecule has 0 heterocycles. The predicted molar refractivity (Wildman–Crippen MR) is 62.7 cm³/mol. The monoisotopic (exact) mass is 201 g/mol. The highest BCUT2D eigenvalue weighted by Crippen LogP contribution is 2.31. The molecule has 0 aliphatic carbocycles. The lowest BCUT2D eigenvalue weighted by atomic mass is 9.78. The number of hydrogen-bond donors (Lipinski definition) is 1. The molecule has 0 aromatic heterocycles. The van der Waals surface area contributed by atoms with Gasteiger partial charge in [0, 0.05) is 20.3 Å². The molecule has 0 saturated heterocycles. The van der Waals surface area contributed by atoms with Gasteiger partial charge in [-0.1, -0.05) is 20.8 Å². The van der Waals surface area contributed by atoms with Crippen molar-refractivity contribution in [2.45, 2.75) is 46.5 Å². The van der Waals surface area contributed by atoms with Crippen LogP contribution in [0.1, 0.15) is 46.5 Å². The van der Waals surface area contributed by atoms with Gasteiger partial charge in [0.1, 0.15) is 0 Å². The summed E-state index contributed by atoms with van der Waals surface area (Å²) in [5.41, 5.74) is 0.495. The van der Waals surface area contributed by atoms with E-state index in [1.165, 1.54) is 25.7 Å². The van der Waals surface area contributed by atoms with Crippen LogP contribution in [0.15, 0.2) is 0 Å². The van der Waals surface area contributed by atoms with Crippen molar-refractivity contribution in [2.75, 3.05) is 26.8 Å². The van der Waals surface area contributed by atoms with Gasteiger partial charge in [-0.15, -0.1) is 0 Å². The number of rotatable bonds is 9. The Labute approximate surface area is 89.4 Å². The van der Waals surface area contributed by atoms with Crippen molar-refractivity contribution >= 4 is 0 Å². The average Bonchev–Trinajstić information content (AvgIpc) is 2.24. The summed E-state index contributed by atoms with van der Waals surface area (Å²) in [7, 11) is 1.78. The van der Waals surface area contributed by atoms with E-state index in [1.54, 1.807) is 7.11 Å². The van der Waals surface area contributed by atoms with Crippen LogP contribution in [-0.2, 0) is 4.74 Å². The minimum Gasteiger partial charge on any atom is -0.385 e. The van der Waals surface area contributed by atoms with Gasteiger partial charge in [0.05, 0.1) is 0 Å². The number of nitrogens with one attached hydrogen (secondary N) is 1. The van der Waals surface area contributed by atoms with Crippen molar-refractivity contribution in [3.05, 3.63) is 0 Å². The summed E-state index contributed by atoms with van der Waals surface area (Å²) >= 11 is 0. The fourth-order valence-corrected chi connectivity index (χ4v) is 1.92. The topological polar surface area (TPSA) is 21.3 Å². The molecule has 0 spiro atoms. The Hall–Kier alpha value is -0.0800. The summed E-state index contributed by atoms with van der Waals surface area (Å²) in [5, 5.41) is 3.48. The van der Waals surface area contributed by atoms with Crippen molar-refractivity contribution in [1.82, 2.24) is 5.32 Å². The summed E-state index contributed by atoms with van der Waals surface area (Å²) in [4.78, 5) is 0. The largest absolute Gasteiger partial charge is 0.385 e. The second-order valence-corrected chi connectivity index (χ2v) is 4.08. The van der Waals surface area contributed by atoms with Crippen LogP contribution in [0.5, 0.6) is 0 Å². The Morgan fingerprint density at radius 1 is 1.14 bits per heavy atom. The molecule has 2 nitrogen and oxygen atoms in total. The van der Waals surface area contributed by atoms with E-state index in [0.717, 1.165) is 19.7 Å². The van der Waals surface area contributed by atoms with Gasteiger partial charge in [0.15, 0.2) is 0 Å². The molecule has 0 aliphatic heterocycles. The van der Waals surface area contributed by atoms with Crippen LogP contribution in [0.4, 0.5) is 0 Å². The predicted octanol–water partition coefficient (Wildman–Crippen LogP) is 2.83. The SMILES string of the molecule is CCNCC(CC)(CC)CCCOC. The number of methoxy groups -OCH3 is 1. The summed E-state index contributed by atoms with van der Waals surface area (Å²) in [6, 6.07) is 0. The minimum absolute atomic E-state index is 0.495. The Morgan fingerprint density at radius 3 is 2.21 bits per heavy atom. The fourth-order valence-electron chi connectivity index (χ4n) is 1.92. The summed E-state index contributed by atoms with van der Waals surface area (Å²) in [6.07, 6.45) is 4.99. The molecular weight excluding hydrogens is 174 g/mol.